The van der Waals surface area contributed by atoms with Crippen molar-refractivity contribution >= 4 is 35.9 Å². The van der Waals surface area contributed by atoms with Crippen LogP contribution in [0.1, 0.15) is 58.8 Å². The second-order valence-electron chi connectivity index (χ2n) is 6.53. The van der Waals surface area contributed by atoms with E-state index in [0.717, 1.165) is 37.2 Å². The van der Waals surface area contributed by atoms with Crippen molar-refractivity contribution in [2.24, 2.45) is 16.8 Å². The van der Waals surface area contributed by atoms with E-state index in [0.29, 0.717) is 12.5 Å². The van der Waals surface area contributed by atoms with Gasteiger partial charge in [-0.1, -0.05) is 13.8 Å². The monoisotopic (exact) mass is 439 g/mol. The number of guanidine groups is 1. The van der Waals surface area contributed by atoms with Crippen LogP contribution in [0.2, 0.25) is 0 Å². The summed E-state index contributed by atoms with van der Waals surface area (Å²) in [5.41, 5.74) is 0. The third kappa shape index (κ3) is 9.37. The third-order valence-electron chi connectivity index (χ3n) is 4.61. The quantitative estimate of drug-likeness (QED) is 0.210. The molecular formula is C17H34IN3O2. The highest BCUT2D eigenvalue weighted by Gasteiger charge is 2.23. The van der Waals surface area contributed by atoms with E-state index >= 15 is 0 Å². The van der Waals surface area contributed by atoms with E-state index in [2.05, 4.69) is 34.2 Å². The lowest BCUT2D eigenvalue weighted by atomic mass is 9.80. The van der Waals surface area contributed by atoms with E-state index in [-0.39, 0.29) is 29.9 Å². The number of carbonyl (C=O) groups is 1. The number of esters is 1. The van der Waals surface area contributed by atoms with Crippen molar-refractivity contribution in [2.75, 3.05) is 20.7 Å². The van der Waals surface area contributed by atoms with Gasteiger partial charge >= 0.3 is 5.97 Å². The molecule has 0 radical (unpaired) electrons. The number of methoxy groups -OCH3 is 1. The predicted molar refractivity (Wildman–Crippen MR) is 106 cm³/mol. The number of halogens is 1. The van der Waals surface area contributed by atoms with Crippen LogP contribution in [0.15, 0.2) is 4.99 Å². The Morgan fingerprint density at radius 2 is 1.87 bits per heavy atom. The number of nitrogens with zero attached hydrogens (tertiary/aromatic N) is 1. The van der Waals surface area contributed by atoms with Gasteiger partial charge in [-0.2, -0.15) is 0 Å². The molecule has 1 aliphatic rings. The lowest BCUT2D eigenvalue weighted by molar-refractivity contribution is -0.140. The molecular weight excluding hydrogens is 405 g/mol. The highest BCUT2D eigenvalue weighted by Crippen LogP contribution is 2.29. The van der Waals surface area contributed by atoms with Crippen LogP contribution in [-0.4, -0.2) is 38.7 Å². The number of unbranched alkanes of at least 4 members (excludes halogenated alkanes) is 1. The minimum Gasteiger partial charge on any atom is -0.469 e. The SMILES string of the molecule is CN=C(NCCCCC(=O)OC)NC1CCC(C(C)C)CC1.I. The van der Waals surface area contributed by atoms with Crippen molar-refractivity contribution in [3.8, 4) is 0 Å². The molecule has 0 unspecified atom stereocenters. The predicted octanol–water partition coefficient (Wildman–Crippen LogP) is 3.33. The Kier molecular flexibility index (Phi) is 12.5. The standard InChI is InChI=1S/C17H33N3O2.HI/c1-13(2)14-8-10-15(11-9-14)20-17(18-3)19-12-6-5-7-16(21)22-4;/h13-15H,5-12H2,1-4H3,(H2,18,19,20);1H. The van der Waals surface area contributed by atoms with Gasteiger partial charge in [0.1, 0.15) is 0 Å². The summed E-state index contributed by atoms with van der Waals surface area (Å²) in [5, 5.41) is 6.85. The second kappa shape index (κ2) is 12.8. The molecule has 1 aliphatic carbocycles. The third-order valence-corrected chi connectivity index (χ3v) is 4.61. The Hall–Kier alpha value is -0.530. The summed E-state index contributed by atoms with van der Waals surface area (Å²) in [6.45, 7) is 5.48. The first-order valence-corrected chi connectivity index (χ1v) is 8.60. The van der Waals surface area contributed by atoms with Gasteiger partial charge in [-0.05, 0) is 50.4 Å². The Morgan fingerprint density at radius 3 is 2.39 bits per heavy atom. The Labute approximate surface area is 158 Å². The highest BCUT2D eigenvalue weighted by atomic mass is 127. The molecule has 0 aromatic heterocycles. The van der Waals surface area contributed by atoms with Crippen molar-refractivity contribution in [2.45, 2.75) is 64.8 Å². The second-order valence-corrected chi connectivity index (χ2v) is 6.53. The maximum absolute atomic E-state index is 11.0. The molecule has 0 bridgehead atoms. The average molecular weight is 439 g/mol. The fraction of sp³-hybridized carbons (Fsp3) is 0.882. The Morgan fingerprint density at radius 1 is 1.22 bits per heavy atom. The van der Waals surface area contributed by atoms with Gasteiger partial charge in [-0.15, -0.1) is 24.0 Å². The molecule has 6 heteroatoms. The number of aliphatic imine (C=N–C) groups is 1. The zero-order valence-electron chi connectivity index (χ0n) is 15.1. The van der Waals surface area contributed by atoms with E-state index in [4.69, 9.17) is 0 Å². The van der Waals surface area contributed by atoms with Gasteiger partial charge in [0.2, 0.25) is 0 Å². The minimum absolute atomic E-state index is 0. The maximum atomic E-state index is 11.0. The van der Waals surface area contributed by atoms with Crippen LogP contribution in [0.25, 0.3) is 0 Å². The molecule has 5 nitrogen and oxygen atoms in total. The number of nitrogens with one attached hydrogen (secondary N) is 2. The van der Waals surface area contributed by atoms with Crippen molar-refractivity contribution < 1.29 is 9.53 Å². The van der Waals surface area contributed by atoms with Gasteiger partial charge in [0.25, 0.3) is 0 Å². The number of hydrogen-bond donors (Lipinski definition) is 2. The highest BCUT2D eigenvalue weighted by molar-refractivity contribution is 14.0. The van der Waals surface area contributed by atoms with E-state index < -0.39 is 0 Å². The molecule has 0 amide bonds. The number of rotatable bonds is 7. The van der Waals surface area contributed by atoms with E-state index in [1.54, 1.807) is 0 Å². The molecule has 0 heterocycles. The summed E-state index contributed by atoms with van der Waals surface area (Å²) in [6, 6.07) is 0.538. The summed E-state index contributed by atoms with van der Waals surface area (Å²) in [6.07, 6.45) is 7.35. The largest absolute Gasteiger partial charge is 0.469 e. The minimum atomic E-state index is -0.135. The van der Waals surface area contributed by atoms with Crippen LogP contribution in [0.4, 0.5) is 0 Å². The number of carbonyl (C=O) groups excluding carboxylic acids is 1. The van der Waals surface area contributed by atoms with E-state index in [1.807, 2.05) is 7.05 Å². The number of hydrogen-bond acceptors (Lipinski definition) is 3. The summed E-state index contributed by atoms with van der Waals surface area (Å²) in [7, 11) is 3.24. The summed E-state index contributed by atoms with van der Waals surface area (Å²) in [5.74, 6) is 2.43. The topological polar surface area (TPSA) is 62.7 Å². The van der Waals surface area contributed by atoms with Gasteiger partial charge in [0, 0.05) is 26.1 Å². The molecule has 0 spiro atoms. The molecule has 136 valence electrons. The molecule has 23 heavy (non-hydrogen) atoms. The average Bonchev–Trinajstić information content (AvgIpc) is 2.53. The first kappa shape index (κ1) is 22.5. The lowest BCUT2D eigenvalue weighted by Crippen LogP contribution is -2.45. The fourth-order valence-electron chi connectivity index (χ4n) is 3.02. The van der Waals surface area contributed by atoms with Gasteiger partial charge in [0.05, 0.1) is 7.11 Å². The Balaban J connectivity index is 0.00000484. The van der Waals surface area contributed by atoms with Crippen LogP contribution >= 0.6 is 24.0 Å². The fourth-order valence-corrected chi connectivity index (χ4v) is 3.02. The van der Waals surface area contributed by atoms with Crippen LogP contribution in [0, 0.1) is 11.8 Å². The number of ether oxygens (including phenoxy) is 1. The van der Waals surface area contributed by atoms with Crippen molar-refractivity contribution in [3.05, 3.63) is 0 Å². The first-order valence-electron chi connectivity index (χ1n) is 8.60. The van der Waals surface area contributed by atoms with Crippen LogP contribution in [0.3, 0.4) is 0 Å². The summed E-state index contributed by atoms with van der Waals surface area (Å²) < 4.78 is 4.63. The molecule has 0 saturated heterocycles. The van der Waals surface area contributed by atoms with Crippen molar-refractivity contribution in [3.63, 3.8) is 0 Å². The smallest absolute Gasteiger partial charge is 0.305 e. The molecule has 1 rings (SSSR count). The zero-order valence-corrected chi connectivity index (χ0v) is 17.4. The normalized spacial score (nSPS) is 21.5. The van der Waals surface area contributed by atoms with Crippen molar-refractivity contribution in [1.82, 2.24) is 10.6 Å². The van der Waals surface area contributed by atoms with Crippen LogP contribution in [0.5, 0.6) is 0 Å². The van der Waals surface area contributed by atoms with E-state index in [1.165, 1.54) is 32.8 Å². The first-order chi connectivity index (χ1) is 10.6. The molecule has 2 N–H and O–H groups in total. The molecule has 0 atom stereocenters. The molecule has 1 saturated carbocycles. The molecule has 1 fully saturated rings. The molecule has 0 aromatic carbocycles. The summed E-state index contributed by atoms with van der Waals surface area (Å²) in [4.78, 5) is 15.3. The van der Waals surface area contributed by atoms with Gasteiger partial charge in [-0.3, -0.25) is 9.79 Å². The zero-order chi connectivity index (χ0) is 16.4. The maximum Gasteiger partial charge on any atom is 0.305 e. The van der Waals surface area contributed by atoms with Crippen LogP contribution in [-0.2, 0) is 9.53 Å². The summed E-state index contributed by atoms with van der Waals surface area (Å²) >= 11 is 0. The molecule has 0 aliphatic heterocycles. The van der Waals surface area contributed by atoms with Crippen molar-refractivity contribution in [1.29, 1.82) is 0 Å². The van der Waals surface area contributed by atoms with E-state index in [9.17, 15) is 4.79 Å². The molecule has 0 aromatic rings. The van der Waals surface area contributed by atoms with Crippen LogP contribution < -0.4 is 10.6 Å². The van der Waals surface area contributed by atoms with Gasteiger partial charge in [-0.25, -0.2) is 0 Å². The lowest BCUT2D eigenvalue weighted by Gasteiger charge is -2.32. The van der Waals surface area contributed by atoms with Gasteiger partial charge in [0.15, 0.2) is 5.96 Å². The van der Waals surface area contributed by atoms with Gasteiger partial charge < -0.3 is 15.4 Å². The Bertz CT molecular complexity index is 354.